The number of nitrogens with zero attached hydrogens (tertiary/aromatic N) is 1. The number of ketones is 1. The Labute approximate surface area is 221 Å². The molecule has 0 aromatic heterocycles. The molecule has 5 rings (SSSR count). The summed E-state index contributed by atoms with van der Waals surface area (Å²) in [6.07, 6.45) is 0. The lowest BCUT2D eigenvalue weighted by Crippen LogP contribution is -2.30. The summed E-state index contributed by atoms with van der Waals surface area (Å²) < 4.78 is 22.8. The minimum absolute atomic E-state index is 0.0459. The molecule has 2 aliphatic rings. The molecule has 0 aliphatic carbocycles. The van der Waals surface area contributed by atoms with E-state index in [0.717, 1.165) is 0 Å². The predicted octanol–water partition coefficient (Wildman–Crippen LogP) is 5.13. The molecule has 1 atom stereocenters. The number of methoxy groups -OCH3 is 1. The summed E-state index contributed by atoms with van der Waals surface area (Å²) in [5.41, 5.74) is 1.31. The van der Waals surface area contributed by atoms with Crippen molar-refractivity contribution in [3.63, 3.8) is 0 Å². The first-order valence-electron chi connectivity index (χ1n) is 12.5. The Morgan fingerprint density at radius 1 is 1.00 bits per heavy atom. The average Bonchev–Trinajstić information content (AvgIpc) is 3.21. The third-order valence-electron chi connectivity index (χ3n) is 6.37. The summed E-state index contributed by atoms with van der Waals surface area (Å²) in [6, 6.07) is 18.1. The van der Waals surface area contributed by atoms with Gasteiger partial charge in [0.1, 0.15) is 30.5 Å². The van der Waals surface area contributed by atoms with Crippen molar-refractivity contribution < 1.29 is 33.6 Å². The zero-order chi connectivity index (χ0) is 26.8. The SMILES string of the molecule is COc1ccccc1C1/C(=C(\O)c2cccc(OCC(C)C)c2)C(=O)C(=O)N1c1ccc2c(c1)OCCO2. The van der Waals surface area contributed by atoms with Crippen molar-refractivity contribution in [3.8, 4) is 23.0 Å². The van der Waals surface area contributed by atoms with Crippen molar-refractivity contribution in [3.05, 3.63) is 83.4 Å². The van der Waals surface area contributed by atoms with Gasteiger partial charge in [-0.05, 0) is 36.2 Å². The number of hydrogen-bond acceptors (Lipinski definition) is 7. The molecule has 196 valence electrons. The molecule has 0 spiro atoms. The van der Waals surface area contributed by atoms with E-state index in [1.807, 2.05) is 13.8 Å². The summed E-state index contributed by atoms with van der Waals surface area (Å²) in [7, 11) is 1.52. The van der Waals surface area contributed by atoms with Crippen LogP contribution < -0.4 is 23.8 Å². The number of carbonyl (C=O) groups is 2. The van der Waals surface area contributed by atoms with Crippen LogP contribution in [0, 0.1) is 5.92 Å². The standard InChI is InChI=1S/C30H29NO7/c1-18(2)17-38-21-8-6-7-19(15-21)28(32)26-27(22-9-4-5-10-23(22)35-3)31(30(34)29(26)33)20-11-12-24-25(16-20)37-14-13-36-24/h4-12,15-16,18,27,32H,13-14,17H2,1-3H3/b28-26+. The molecule has 0 saturated carbocycles. The van der Waals surface area contributed by atoms with Crippen LogP contribution in [0.5, 0.6) is 23.0 Å². The molecular formula is C30H29NO7. The maximum Gasteiger partial charge on any atom is 0.300 e. The fraction of sp³-hybridized carbons (Fsp3) is 0.267. The van der Waals surface area contributed by atoms with Crippen molar-refractivity contribution in [1.29, 1.82) is 0 Å². The Bertz CT molecular complexity index is 1410. The number of aliphatic hydroxyl groups excluding tert-OH is 1. The van der Waals surface area contributed by atoms with Gasteiger partial charge >= 0.3 is 0 Å². The number of ether oxygens (including phenoxy) is 4. The van der Waals surface area contributed by atoms with Crippen LogP contribution in [0.1, 0.15) is 31.0 Å². The molecule has 3 aromatic rings. The number of para-hydroxylation sites is 1. The molecule has 0 bridgehead atoms. The van der Waals surface area contributed by atoms with E-state index in [4.69, 9.17) is 18.9 Å². The zero-order valence-corrected chi connectivity index (χ0v) is 21.5. The van der Waals surface area contributed by atoms with E-state index in [1.54, 1.807) is 66.7 Å². The van der Waals surface area contributed by atoms with Crippen molar-refractivity contribution in [1.82, 2.24) is 0 Å². The molecule has 0 radical (unpaired) electrons. The topological polar surface area (TPSA) is 94.5 Å². The van der Waals surface area contributed by atoms with E-state index in [2.05, 4.69) is 0 Å². The molecule has 8 heteroatoms. The molecule has 1 amide bonds. The Morgan fingerprint density at radius 3 is 2.53 bits per heavy atom. The molecule has 1 N–H and O–H groups in total. The van der Waals surface area contributed by atoms with Crippen LogP contribution in [0.3, 0.4) is 0 Å². The van der Waals surface area contributed by atoms with Crippen LogP contribution in [0.15, 0.2) is 72.3 Å². The van der Waals surface area contributed by atoms with Crippen molar-refractivity contribution >= 4 is 23.1 Å². The first kappa shape index (κ1) is 25.2. The number of carbonyl (C=O) groups excluding carboxylic acids is 2. The third-order valence-corrected chi connectivity index (χ3v) is 6.37. The Kier molecular flexibility index (Phi) is 6.96. The van der Waals surface area contributed by atoms with Gasteiger partial charge in [-0.25, -0.2) is 0 Å². The van der Waals surface area contributed by atoms with E-state index < -0.39 is 17.7 Å². The van der Waals surface area contributed by atoms with Crippen LogP contribution in [-0.4, -0.2) is 43.7 Å². The molecule has 2 heterocycles. The maximum absolute atomic E-state index is 13.5. The van der Waals surface area contributed by atoms with Gasteiger partial charge in [0, 0.05) is 22.9 Å². The number of rotatable bonds is 7. The summed E-state index contributed by atoms with van der Waals surface area (Å²) in [5, 5.41) is 11.5. The minimum Gasteiger partial charge on any atom is -0.507 e. The molecule has 1 unspecified atom stereocenters. The molecule has 1 fully saturated rings. The number of fused-ring (bicyclic) bond motifs is 1. The number of Topliss-reactive ketones (excluding diaryl/α,β-unsaturated/α-hetero) is 1. The van der Waals surface area contributed by atoms with E-state index in [0.29, 0.717) is 65.6 Å². The fourth-order valence-electron chi connectivity index (χ4n) is 4.62. The van der Waals surface area contributed by atoms with Gasteiger partial charge in [0.05, 0.1) is 25.3 Å². The zero-order valence-electron chi connectivity index (χ0n) is 21.5. The van der Waals surface area contributed by atoms with Gasteiger partial charge in [0.25, 0.3) is 11.7 Å². The monoisotopic (exact) mass is 515 g/mol. The summed E-state index contributed by atoms with van der Waals surface area (Å²) >= 11 is 0. The van der Waals surface area contributed by atoms with Crippen LogP contribution in [0.25, 0.3) is 5.76 Å². The van der Waals surface area contributed by atoms with Crippen molar-refractivity contribution in [2.45, 2.75) is 19.9 Å². The molecule has 2 aliphatic heterocycles. The van der Waals surface area contributed by atoms with Gasteiger partial charge in [-0.3, -0.25) is 14.5 Å². The van der Waals surface area contributed by atoms with Crippen molar-refractivity contribution in [2.75, 3.05) is 31.8 Å². The first-order chi connectivity index (χ1) is 18.4. The van der Waals surface area contributed by atoms with Gasteiger partial charge in [0.2, 0.25) is 0 Å². The highest BCUT2D eigenvalue weighted by Gasteiger charge is 2.48. The second-order valence-corrected chi connectivity index (χ2v) is 9.47. The molecule has 3 aromatic carbocycles. The minimum atomic E-state index is -0.950. The van der Waals surface area contributed by atoms with Gasteiger partial charge in [0.15, 0.2) is 11.5 Å². The van der Waals surface area contributed by atoms with Crippen LogP contribution in [-0.2, 0) is 9.59 Å². The van der Waals surface area contributed by atoms with Crippen LogP contribution in [0.4, 0.5) is 5.69 Å². The molecule has 8 nitrogen and oxygen atoms in total. The predicted molar refractivity (Wildman–Crippen MR) is 142 cm³/mol. The second-order valence-electron chi connectivity index (χ2n) is 9.47. The Hall–Kier alpha value is -4.46. The Morgan fingerprint density at radius 2 is 1.76 bits per heavy atom. The highest BCUT2D eigenvalue weighted by Crippen LogP contribution is 2.46. The normalized spacial score (nSPS) is 18.1. The van der Waals surface area contributed by atoms with E-state index >= 15 is 0 Å². The lowest BCUT2D eigenvalue weighted by molar-refractivity contribution is -0.132. The average molecular weight is 516 g/mol. The lowest BCUT2D eigenvalue weighted by atomic mass is 9.94. The summed E-state index contributed by atoms with van der Waals surface area (Å²) in [4.78, 5) is 28.4. The van der Waals surface area contributed by atoms with Gasteiger partial charge < -0.3 is 24.1 Å². The van der Waals surface area contributed by atoms with Gasteiger partial charge in [-0.2, -0.15) is 0 Å². The fourth-order valence-corrected chi connectivity index (χ4v) is 4.62. The van der Waals surface area contributed by atoms with Gasteiger partial charge in [-0.1, -0.05) is 44.2 Å². The maximum atomic E-state index is 13.5. The van der Waals surface area contributed by atoms with Gasteiger partial charge in [-0.15, -0.1) is 0 Å². The highest BCUT2D eigenvalue weighted by molar-refractivity contribution is 6.51. The van der Waals surface area contributed by atoms with Crippen molar-refractivity contribution in [2.24, 2.45) is 5.92 Å². The third kappa shape index (κ3) is 4.65. The first-order valence-corrected chi connectivity index (χ1v) is 12.5. The quantitative estimate of drug-likeness (QED) is 0.265. The lowest BCUT2D eigenvalue weighted by Gasteiger charge is -2.28. The summed E-state index contributed by atoms with van der Waals surface area (Å²) in [6.45, 7) is 5.38. The number of hydrogen-bond donors (Lipinski definition) is 1. The number of amides is 1. The smallest absolute Gasteiger partial charge is 0.300 e. The highest BCUT2D eigenvalue weighted by atomic mass is 16.6. The van der Waals surface area contributed by atoms with Crippen LogP contribution in [0.2, 0.25) is 0 Å². The number of aliphatic hydroxyl groups is 1. The van der Waals surface area contributed by atoms with E-state index in [9.17, 15) is 14.7 Å². The van der Waals surface area contributed by atoms with Crippen LogP contribution >= 0.6 is 0 Å². The summed E-state index contributed by atoms with van der Waals surface area (Å²) in [5.74, 6) is 0.504. The number of benzene rings is 3. The van der Waals surface area contributed by atoms with E-state index in [-0.39, 0.29) is 11.3 Å². The Balaban J connectivity index is 1.66. The largest absolute Gasteiger partial charge is 0.507 e. The number of anilines is 1. The van der Waals surface area contributed by atoms with E-state index in [1.165, 1.54) is 12.0 Å². The molecule has 38 heavy (non-hydrogen) atoms. The second kappa shape index (κ2) is 10.5. The molecule has 1 saturated heterocycles. The molecular weight excluding hydrogens is 486 g/mol.